The van der Waals surface area contributed by atoms with Crippen LogP contribution in [0, 0.1) is 5.92 Å². The summed E-state index contributed by atoms with van der Waals surface area (Å²) >= 11 is 0. The topological polar surface area (TPSA) is 34.6 Å². The lowest BCUT2D eigenvalue weighted by atomic mass is 9.83. The monoisotopic (exact) mass is 324 g/mol. The van der Waals surface area contributed by atoms with Gasteiger partial charge in [0, 0.05) is 47.4 Å². The molecule has 126 valence electrons. The normalized spacial score (nSPS) is 27.8. The van der Waals surface area contributed by atoms with Gasteiger partial charge in [0.05, 0.1) is 13.2 Å². The third kappa shape index (κ3) is 2.40. The third-order valence-corrected chi connectivity index (χ3v) is 5.99. The molecule has 1 aromatic carbocycles. The van der Waals surface area contributed by atoms with E-state index in [2.05, 4.69) is 34.3 Å². The van der Waals surface area contributed by atoms with Crippen molar-refractivity contribution in [2.45, 2.75) is 44.4 Å². The van der Waals surface area contributed by atoms with Gasteiger partial charge in [-0.15, -0.1) is 0 Å². The second kappa shape index (κ2) is 6.01. The van der Waals surface area contributed by atoms with E-state index in [1.165, 1.54) is 47.7 Å². The molecule has 0 N–H and O–H groups in total. The van der Waals surface area contributed by atoms with Gasteiger partial charge < -0.3 is 14.4 Å². The van der Waals surface area contributed by atoms with Gasteiger partial charge in [0.1, 0.15) is 0 Å². The van der Waals surface area contributed by atoms with Crippen LogP contribution in [-0.4, -0.2) is 37.1 Å². The highest BCUT2D eigenvalue weighted by Gasteiger charge is 2.34. The number of benzene rings is 1. The molecule has 1 saturated carbocycles. The van der Waals surface area contributed by atoms with Gasteiger partial charge in [0.15, 0.2) is 6.29 Å². The lowest BCUT2D eigenvalue weighted by Crippen LogP contribution is -2.42. The van der Waals surface area contributed by atoms with Crippen LogP contribution in [0.2, 0.25) is 0 Å². The van der Waals surface area contributed by atoms with Gasteiger partial charge in [0.25, 0.3) is 0 Å². The number of ether oxygens (including phenoxy) is 2. The summed E-state index contributed by atoms with van der Waals surface area (Å²) in [7, 11) is 0. The minimum Gasteiger partial charge on any atom is -0.368 e. The highest BCUT2D eigenvalue weighted by molar-refractivity contribution is 5.97. The Bertz CT molecular complexity index is 728. The van der Waals surface area contributed by atoms with Crippen molar-refractivity contribution in [3.8, 4) is 0 Å². The molecular formula is C20H24N2O2. The molecule has 2 fully saturated rings. The summed E-state index contributed by atoms with van der Waals surface area (Å²) in [4.78, 5) is 7.06. The standard InChI is InChI=1S/C20H24N2O2/c1-2-15-12-21-13-16-8-9-22(18(3-1)19(15)16)17-6-4-14(5-7-17)20-23-10-11-24-20/h1-3,12-14,17,20H,4-11H2. The smallest absolute Gasteiger partial charge is 0.160 e. The first-order chi connectivity index (χ1) is 11.9. The molecule has 1 saturated heterocycles. The molecule has 0 bridgehead atoms. The van der Waals surface area contributed by atoms with E-state index in [0.29, 0.717) is 12.0 Å². The molecule has 4 nitrogen and oxygen atoms in total. The Balaban J connectivity index is 1.38. The van der Waals surface area contributed by atoms with Crippen LogP contribution in [0.25, 0.3) is 10.8 Å². The zero-order chi connectivity index (χ0) is 15.9. The Morgan fingerprint density at radius 3 is 2.67 bits per heavy atom. The molecule has 0 unspecified atom stereocenters. The van der Waals surface area contributed by atoms with Crippen LogP contribution < -0.4 is 4.90 Å². The Labute approximate surface area is 142 Å². The molecule has 2 aromatic rings. The molecule has 0 spiro atoms. The van der Waals surface area contributed by atoms with Crippen molar-refractivity contribution in [2.75, 3.05) is 24.7 Å². The Hall–Kier alpha value is -1.65. The summed E-state index contributed by atoms with van der Waals surface area (Å²) in [6.07, 6.45) is 10.1. The molecule has 1 aromatic heterocycles. The molecule has 0 amide bonds. The molecule has 1 aliphatic carbocycles. The summed E-state index contributed by atoms with van der Waals surface area (Å²) in [5, 5.41) is 2.69. The fourth-order valence-corrected chi connectivity index (χ4v) is 4.79. The molecule has 4 heteroatoms. The maximum absolute atomic E-state index is 5.72. The Morgan fingerprint density at radius 1 is 1.00 bits per heavy atom. The number of rotatable bonds is 2. The maximum Gasteiger partial charge on any atom is 0.160 e. The maximum atomic E-state index is 5.72. The quantitative estimate of drug-likeness (QED) is 0.846. The molecule has 5 rings (SSSR count). The minimum atomic E-state index is 0.0579. The van der Waals surface area contributed by atoms with Crippen molar-refractivity contribution >= 4 is 16.5 Å². The fourth-order valence-electron chi connectivity index (χ4n) is 4.79. The van der Waals surface area contributed by atoms with Crippen LogP contribution in [0.15, 0.2) is 30.6 Å². The van der Waals surface area contributed by atoms with Crippen molar-refractivity contribution in [2.24, 2.45) is 5.92 Å². The number of pyridine rings is 1. The first-order valence-electron chi connectivity index (χ1n) is 9.25. The van der Waals surface area contributed by atoms with E-state index >= 15 is 0 Å². The number of aromatic nitrogens is 1. The van der Waals surface area contributed by atoms with E-state index in [0.717, 1.165) is 26.2 Å². The van der Waals surface area contributed by atoms with Crippen LogP contribution in [0.1, 0.15) is 31.2 Å². The van der Waals surface area contributed by atoms with Crippen LogP contribution >= 0.6 is 0 Å². The number of hydrogen-bond donors (Lipinski definition) is 0. The lowest BCUT2D eigenvalue weighted by molar-refractivity contribution is -0.0930. The average molecular weight is 324 g/mol. The predicted molar refractivity (Wildman–Crippen MR) is 94.2 cm³/mol. The first kappa shape index (κ1) is 14.7. The third-order valence-electron chi connectivity index (χ3n) is 5.99. The van der Waals surface area contributed by atoms with E-state index in [1.807, 2.05) is 6.20 Å². The Morgan fingerprint density at radius 2 is 1.83 bits per heavy atom. The van der Waals surface area contributed by atoms with Crippen molar-refractivity contribution in [3.05, 3.63) is 36.2 Å². The van der Waals surface area contributed by atoms with Gasteiger partial charge >= 0.3 is 0 Å². The lowest BCUT2D eigenvalue weighted by Gasteiger charge is -2.41. The van der Waals surface area contributed by atoms with E-state index in [9.17, 15) is 0 Å². The zero-order valence-electron chi connectivity index (χ0n) is 14.0. The second-order valence-corrected chi connectivity index (χ2v) is 7.30. The molecule has 3 heterocycles. The van der Waals surface area contributed by atoms with Gasteiger partial charge in [0.2, 0.25) is 0 Å². The average Bonchev–Trinajstić information content (AvgIpc) is 3.18. The van der Waals surface area contributed by atoms with E-state index in [4.69, 9.17) is 9.47 Å². The highest BCUT2D eigenvalue weighted by atomic mass is 16.7. The van der Waals surface area contributed by atoms with Gasteiger partial charge in [-0.3, -0.25) is 4.98 Å². The molecule has 0 atom stereocenters. The van der Waals surface area contributed by atoms with Gasteiger partial charge in [-0.25, -0.2) is 0 Å². The number of nitrogens with zero attached hydrogens (tertiary/aromatic N) is 2. The minimum absolute atomic E-state index is 0.0579. The molecule has 24 heavy (non-hydrogen) atoms. The van der Waals surface area contributed by atoms with Gasteiger partial charge in [-0.2, -0.15) is 0 Å². The zero-order valence-corrected chi connectivity index (χ0v) is 14.0. The Kier molecular flexibility index (Phi) is 3.68. The van der Waals surface area contributed by atoms with Crippen LogP contribution in [0.3, 0.4) is 0 Å². The van der Waals surface area contributed by atoms with E-state index in [-0.39, 0.29) is 6.29 Å². The predicted octanol–water partition coefficient (Wildman–Crippen LogP) is 3.53. The summed E-state index contributed by atoms with van der Waals surface area (Å²) in [5.41, 5.74) is 2.81. The second-order valence-electron chi connectivity index (χ2n) is 7.30. The summed E-state index contributed by atoms with van der Waals surface area (Å²) < 4.78 is 11.4. The van der Waals surface area contributed by atoms with Crippen molar-refractivity contribution in [1.82, 2.24) is 4.98 Å². The van der Waals surface area contributed by atoms with Gasteiger partial charge in [-0.1, -0.05) is 12.1 Å². The molecule has 0 radical (unpaired) electrons. The molecule has 2 aliphatic heterocycles. The summed E-state index contributed by atoms with van der Waals surface area (Å²) in [6, 6.07) is 7.30. The van der Waals surface area contributed by atoms with Crippen LogP contribution in [0.5, 0.6) is 0 Å². The van der Waals surface area contributed by atoms with Crippen molar-refractivity contribution < 1.29 is 9.47 Å². The number of hydrogen-bond acceptors (Lipinski definition) is 4. The van der Waals surface area contributed by atoms with Crippen LogP contribution in [0.4, 0.5) is 5.69 Å². The van der Waals surface area contributed by atoms with E-state index < -0.39 is 0 Å². The van der Waals surface area contributed by atoms with Gasteiger partial charge in [-0.05, 0) is 43.7 Å². The number of anilines is 1. The summed E-state index contributed by atoms with van der Waals surface area (Å²) in [5.74, 6) is 0.584. The first-order valence-corrected chi connectivity index (χ1v) is 9.25. The molecular weight excluding hydrogens is 300 g/mol. The van der Waals surface area contributed by atoms with Crippen molar-refractivity contribution in [1.29, 1.82) is 0 Å². The fraction of sp³-hybridized carbons (Fsp3) is 0.550. The SMILES string of the molecule is c1cc2c3c(cncc3c1)CCN2C1CCC(C2OCCO2)CC1. The molecule has 3 aliphatic rings. The van der Waals surface area contributed by atoms with Crippen molar-refractivity contribution in [3.63, 3.8) is 0 Å². The largest absolute Gasteiger partial charge is 0.368 e. The van der Waals surface area contributed by atoms with Crippen LogP contribution in [-0.2, 0) is 15.9 Å². The summed E-state index contributed by atoms with van der Waals surface area (Å²) in [6.45, 7) is 2.65. The van der Waals surface area contributed by atoms with E-state index in [1.54, 1.807) is 0 Å². The highest BCUT2D eigenvalue weighted by Crippen LogP contribution is 2.39.